The lowest BCUT2D eigenvalue weighted by molar-refractivity contribution is -0.117. The van der Waals surface area contributed by atoms with Crippen molar-refractivity contribution in [2.24, 2.45) is 0 Å². The number of sulfonamides is 1. The smallest absolute Gasteiger partial charge is 0.231 e. The Balaban J connectivity index is 0. The first kappa shape index (κ1) is 12.1. The number of hydrogen-bond donors (Lipinski definition) is 1. The van der Waals surface area contributed by atoms with Crippen LogP contribution in [-0.4, -0.2) is 20.6 Å². The molecule has 0 saturated heterocycles. The molecule has 0 fully saturated rings. The van der Waals surface area contributed by atoms with Crippen LogP contribution in [-0.2, 0) is 14.8 Å². The topological polar surface area (TPSA) is 63.2 Å². The quantitative estimate of drug-likeness (QED) is 0.602. The van der Waals surface area contributed by atoms with Gasteiger partial charge in [-0.15, -0.1) is 0 Å². The first-order valence-corrected chi connectivity index (χ1v) is 4.79. The summed E-state index contributed by atoms with van der Waals surface area (Å²) >= 11 is 0. The Morgan fingerprint density at radius 2 is 1.60 bits per heavy atom. The maximum atomic E-state index is 10.1. The second-order valence-electron chi connectivity index (χ2n) is 1.43. The zero-order chi connectivity index (χ0) is 8.78. The summed E-state index contributed by atoms with van der Waals surface area (Å²) in [6.45, 7) is 5.14. The van der Waals surface area contributed by atoms with Crippen LogP contribution >= 0.6 is 0 Å². The normalized spacial score (nSPS) is 9.20. The van der Waals surface area contributed by atoms with E-state index in [2.05, 4.69) is 0 Å². The van der Waals surface area contributed by atoms with Crippen LogP contribution in [0.15, 0.2) is 0 Å². The van der Waals surface area contributed by atoms with Crippen molar-refractivity contribution in [3.63, 3.8) is 0 Å². The summed E-state index contributed by atoms with van der Waals surface area (Å²) in [6.07, 6.45) is 0.925. The molecule has 4 nitrogen and oxygen atoms in total. The van der Waals surface area contributed by atoms with Crippen LogP contribution in [0.3, 0.4) is 0 Å². The average Bonchev–Trinajstić information content (AvgIpc) is 1.64. The predicted octanol–water partition coefficient (Wildman–Crippen LogP) is 0.108. The molecule has 0 aromatic carbocycles. The standard InChI is InChI=1S/C3H7NO3S.C2H6/c1-3(5)4-8(2,6)7;1-2/h1-2H3,(H,4,5);1-2H3. The summed E-state index contributed by atoms with van der Waals surface area (Å²) in [7, 11) is -3.32. The van der Waals surface area contributed by atoms with Gasteiger partial charge < -0.3 is 0 Å². The highest BCUT2D eigenvalue weighted by Gasteiger charge is 1.99. The Labute approximate surface area is 61.7 Å². The fraction of sp³-hybridized carbons (Fsp3) is 0.800. The van der Waals surface area contributed by atoms with Crippen molar-refractivity contribution in [2.45, 2.75) is 20.8 Å². The molecule has 62 valence electrons. The van der Waals surface area contributed by atoms with E-state index in [0.29, 0.717) is 0 Å². The molecule has 0 rings (SSSR count). The van der Waals surface area contributed by atoms with Gasteiger partial charge in [0, 0.05) is 6.92 Å². The number of carbonyl (C=O) groups is 1. The minimum absolute atomic E-state index is 0.562. The van der Waals surface area contributed by atoms with E-state index in [0.717, 1.165) is 13.2 Å². The van der Waals surface area contributed by atoms with Crippen LogP contribution in [0.25, 0.3) is 0 Å². The highest BCUT2D eigenvalue weighted by Crippen LogP contribution is 1.70. The van der Waals surface area contributed by atoms with Crippen LogP contribution in [0.5, 0.6) is 0 Å². The van der Waals surface area contributed by atoms with Crippen molar-refractivity contribution in [1.29, 1.82) is 0 Å². The van der Waals surface area contributed by atoms with E-state index in [4.69, 9.17) is 0 Å². The Morgan fingerprint density at radius 1 is 1.30 bits per heavy atom. The van der Waals surface area contributed by atoms with Crippen LogP contribution in [0, 0.1) is 0 Å². The molecule has 1 amide bonds. The highest BCUT2D eigenvalue weighted by atomic mass is 32.2. The molecule has 0 spiro atoms. The van der Waals surface area contributed by atoms with Gasteiger partial charge in [-0.25, -0.2) is 8.42 Å². The first-order chi connectivity index (χ1) is 4.42. The van der Waals surface area contributed by atoms with Crippen molar-refractivity contribution >= 4 is 15.9 Å². The SMILES string of the molecule is CC.CC(=O)NS(C)(=O)=O. The predicted molar refractivity (Wildman–Crippen MR) is 40.0 cm³/mol. The minimum Gasteiger partial charge on any atom is -0.274 e. The Kier molecular flexibility index (Phi) is 6.34. The van der Waals surface area contributed by atoms with Crippen LogP contribution in [0.1, 0.15) is 20.8 Å². The van der Waals surface area contributed by atoms with E-state index in [9.17, 15) is 13.2 Å². The summed E-state index contributed by atoms with van der Waals surface area (Å²) < 4.78 is 21.9. The second-order valence-corrected chi connectivity index (χ2v) is 3.18. The maximum absolute atomic E-state index is 10.1. The monoisotopic (exact) mass is 167 g/mol. The molecule has 0 unspecified atom stereocenters. The average molecular weight is 167 g/mol. The molecule has 1 N–H and O–H groups in total. The Morgan fingerprint density at radius 3 is 1.60 bits per heavy atom. The highest BCUT2D eigenvalue weighted by molar-refractivity contribution is 7.89. The molecule has 0 aromatic rings. The minimum atomic E-state index is -3.32. The van der Waals surface area contributed by atoms with Gasteiger partial charge in [0.15, 0.2) is 0 Å². The second kappa shape index (κ2) is 5.22. The van der Waals surface area contributed by atoms with Gasteiger partial charge in [-0.2, -0.15) is 0 Å². The van der Waals surface area contributed by atoms with Crippen molar-refractivity contribution in [2.75, 3.05) is 6.26 Å². The number of nitrogens with one attached hydrogen (secondary N) is 1. The van der Waals surface area contributed by atoms with E-state index in [-0.39, 0.29) is 0 Å². The molecule has 0 aliphatic heterocycles. The lowest BCUT2D eigenvalue weighted by Gasteiger charge is -1.93. The van der Waals surface area contributed by atoms with Gasteiger partial charge in [0.25, 0.3) is 0 Å². The molecule has 0 aromatic heterocycles. The third kappa shape index (κ3) is 15.7. The van der Waals surface area contributed by atoms with E-state index < -0.39 is 15.9 Å². The molecule has 10 heavy (non-hydrogen) atoms. The number of amides is 1. The summed E-state index contributed by atoms with van der Waals surface area (Å²) in [6, 6.07) is 0. The number of rotatable bonds is 1. The fourth-order valence-corrected chi connectivity index (χ4v) is 0.783. The Hall–Kier alpha value is -0.580. The largest absolute Gasteiger partial charge is 0.274 e. The number of carbonyl (C=O) groups excluding carboxylic acids is 1. The molecular weight excluding hydrogens is 154 g/mol. The summed E-state index contributed by atoms with van der Waals surface area (Å²) in [5, 5.41) is 0. The van der Waals surface area contributed by atoms with Crippen molar-refractivity contribution in [3.8, 4) is 0 Å². The van der Waals surface area contributed by atoms with Gasteiger partial charge in [-0.1, -0.05) is 13.8 Å². The molecule has 0 saturated carbocycles. The van der Waals surface area contributed by atoms with Gasteiger partial charge in [0.05, 0.1) is 6.26 Å². The van der Waals surface area contributed by atoms with Crippen LogP contribution in [0.2, 0.25) is 0 Å². The van der Waals surface area contributed by atoms with Crippen LogP contribution in [0.4, 0.5) is 0 Å². The molecule has 5 heteroatoms. The van der Waals surface area contributed by atoms with E-state index in [1.165, 1.54) is 0 Å². The number of hydrogen-bond acceptors (Lipinski definition) is 3. The van der Waals surface area contributed by atoms with E-state index in [1.54, 1.807) is 4.72 Å². The fourth-order valence-electron chi connectivity index (χ4n) is 0.261. The van der Waals surface area contributed by atoms with Crippen molar-refractivity contribution < 1.29 is 13.2 Å². The van der Waals surface area contributed by atoms with Crippen molar-refractivity contribution in [3.05, 3.63) is 0 Å². The van der Waals surface area contributed by atoms with Crippen molar-refractivity contribution in [1.82, 2.24) is 4.72 Å². The van der Waals surface area contributed by atoms with Gasteiger partial charge >= 0.3 is 0 Å². The maximum Gasteiger partial charge on any atom is 0.231 e. The van der Waals surface area contributed by atoms with Gasteiger partial charge in [0.1, 0.15) is 0 Å². The lowest BCUT2D eigenvalue weighted by Crippen LogP contribution is -2.26. The third-order valence-corrected chi connectivity index (χ3v) is 0.987. The molecular formula is C5H13NO3S. The van der Waals surface area contributed by atoms with E-state index in [1.807, 2.05) is 13.8 Å². The summed E-state index contributed by atoms with van der Waals surface area (Å²) in [4.78, 5) is 9.97. The Bertz CT molecular complexity index is 183. The zero-order valence-electron chi connectivity index (χ0n) is 6.63. The molecule has 0 heterocycles. The zero-order valence-corrected chi connectivity index (χ0v) is 7.45. The van der Waals surface area contributed by atoms with Crippen LogP contribution < -0.4 is 4.72 Å². The molecule has 0 atom stereocenters. The summed E-state index contributed by atoms with van der Waals surface area (Å²) in [5.41, 5.74) is 0. The van der Waals surface area contributed by atoms with Gasteiger partial charge in [0.2, 0.25) is 15.9 Å². The lowest BCUT2D eigenvalue weighted by atomic mass is 10.8. The molecule has 0 bridgehead atoms. The molecule has 0 radical (unpaired) electrons. The van der Waals surface area contributed by atoms with Gasteiger partial charge in [-0.05, 0) is 0 Å². The third-order valence-electron chi connectivity index (χ3n) is 0.329. The van der Waals surface area contributed by atoms with E-state index >= 15 is 0 Å². The molecule has 0 aliphatic carbocycles. The molecule has 0 aliphatic rings. The summed E-state index contributed by atoms with van der Waals surface area (Å²) in [5.74, 6) is -0.562. The first-order valence-electron chi connectivity index (χ1n) is 2.90. The van der Waals surface area contributed by atoms with Gasteiger partial charge in [-0.3, -0.25) is 9.52 Å².